The lowest BCUT2D eigenvalue weighted by Gasteiger charge is -2.39. The van der Waals surface area contributed by atoms with Crippen LogP contribution in [0.3, 0.4) is 0 Å². The molecule has 1 aromatic carbocycles. The van der Waals surface area contributed by atoms with Crippen LogP contribution in [-0.4, -0.2) is 84.8 Å². The summed E-state index contributed by atoms with van der Waals surface area (Å²) < 4.78 is 61.7. The Balaban J connectivity index is 1.51. The molecule has 3 aromatic rings. The molecule has 1 N–H and O–H groups in total. The van der Waals surface area contributed by atoms with E-state index < -0.39 is 28.5 Å². The Morgan fingerprint density at radius 1 is 1.10 bits per heavy atom. The molecule has 2 fully saturated rings. The summed E-state index contributed by atoms with van der Waals surface area (Å²) in [5, 5.41) is 2.74. The van der Waals surface area contributed by atoms with Gasteiger partial charge in [-0.25, -0.2) is 19.3 Å². The summed E-state index contributed by atoms with van der Waals surface area (Å²) in [5.41, 5.74) is -0.180. The summed E-state index contributed by atoms with van der Waals surface area (Å²) in [5.74, 6) is -1.03. The fourth-order valence-electron chi connectivity index (χ4n) is 4.75. The minimum absolute atomic E-state index is 0.114. The molecule has 9 nitrogen and oxygen atoms in total. The monoisotopic (exact) mass is 579 g/mol. The quantitative estimate of drug-likeness (QED) is 0.448. The highest BCUT2D eigenvalue weighted by atomic mass is 32.1. The summed E-state index contributed by atoms with van der Waals surface area (Å²) in [7, 11) is 1.99. The number of ether oxygens (including phenoxy) is 1. The molecule has 0 bridgehead atoms. The van der Waals surface area contributed by atoms with Gasteiger partial charge < -0.3 is 24.8 Å². The molecule has 2 aliphatic heterocycles. The Bertz CT molecular complexity index is 1380. The van der Waals surface area contributed by atoms with Crippen molar-refractivity contribution in [1.82, 2.24) is 19.9 Å². The molecular weight excluding hydrogens is 550 g/mol. The van der Waals surface area contributed by atoms with E-state index in [4.69, 9.17) is 4.74 Å². The van der Waals surface area contributed by atoms with Crippen molar-refractivity contribution in [1.29, 1.82) is 0 Å². The second-order valence-electron chi connectivity index (χ2n) is 9.86. The van der Waals surface area contributed by atoms with E-state index in [-0.39, 0.29) is 22.3 Å². The molecule has 1 atom stereocenters. The number of anilines is 3. The van der Waals surface area contributed by atoms with Gasteiger partial charge in [0.2, 0.25) is 5.95 Å². The Morgan fingerprint density at radius 2 is 1.80 bits per heavy atom. The number of nitrogens with zero attached hydrogens (tertiary/aromatic N) is 6. The number of carbonyl (C=O) groups excluding carboxylic acids is 1. The number of carbonyl (C=O) groups is 1. The maximum Gasteiger partial charge on any atom is 0.435 e. The molecule has 4 heterocycles. The van der Waals surface area contributed by atoms with Crippen LogP contribution in [0.2, 0.25) is 0 Å². The highest BCUT2D eigenvalue weighted by molar-refractivity contribution is 7.13. The van der Waals surface area contributed by atoms with Gasteiger partial charge in [0.25, 0.3) is 5.91 Å². The highest BCUT2D eigenvalue weighted by Crippen LogP contribution is 2.38. The molecule has 214 valence electrons. The number of halogens is 4. The van der Waals surface area contributed by atoms with Crippen LogP contribution in [0.5, 0.6) is 0 Å². The zero-order valence-corrected chi connectivity index (χ0v) is 23.1. The van der Waals surface area contributed by atoms with E-state index in [1.807, 2.05) is 23.8 Å². The van der Waals surface area contributed by atoms with E-state index in [0.717, 1.165) is 0 Å². The number of benzene rings is 1. The first-order chi connectivity index (χ1) is 19.0. The summed E-state index contributed by atoms with van der Waals surface area (Å²) >= 11 is 0.658. The molecule has 2 aromatic heterocycles. The first-order valence-electron chi connectivity index (χ1n) is 12.8. The van der Waals surface area contributed by atoms with Gasteiger partial charge in [-0.05, 0) is 33.0 Å². The fraction of sp³-hybridized carbons (Fsp3) is 0.462. The number of nitrogens with one attached hydrogen (secondary N) is 1. The van der Waals surface area contributed by atoms with E-state index in [2.05, 4.69) is 25.2 Å². The summed E-state index contributed by atoms with van der Waals surface area (Å²) in [4.78, 5) is 31.0. The first-order valence-corrected chi connectivity index (χ1v) is 13.6. The van der Waals surface area contributed by atoms with Crippen LogP contribution < -0.4 is 15.1 Å². The molecule has 0 aliphatic carbocycles. The van der Waals surface area contributed by atoms with Crippen molar-refractivity contribution in [3.63, 3.8) is 0 Å². The second kappa shape index (κ2) is 11.3. The molecule has 0 spiro atoms. The third kappa shape index (κ3) is 5.88. The van der Waals surface area contributed by atoms with E-state index in [1.165, 1.54) is 31.5 Å². The maximum atomic E-state index is 15.6. The Kier molecular flexibility index (Phi) is 7.93. The summed E-state index contributed by atoms with van der Waals surface area (Å²) in [6.07, 6.45) is -1.80. The highest BCUT2D eigenvalue weighted by Gasteiger charge is 2.39. The number of thiazole rings is 1. The Morgan fingerprint density at radius 3 is 2.45 bits per heavy atom. The third-order valence-electron chi connectivity index (χ3n) is 7.09. The van der Waals surface area contributed by atoms with Crippen molar-refractivity contribution >= 4 is 34.6 Å². The lowest BCUT2D eigenvalue weighted by atomic mass is 10.0. The summed E-state index contributed by atoms with van der Waals surface area (Å²) in [6.45, 7) is 7.62. The van der Waals surface area contributed by atoms with Crippen molar-refractivity contribution < 1.29 is 27.1 Å². The van der Waals surface area contributed by atoms with Gasteiger partial charge in [0.05, 0.1) is 29.6 Å². The molecule has 2 saturated heterocycles. The van der Waals surface area contributed by atoms with Crippen molar-refractivity contribution in [2.75, 3.05) is 68.1 Å². The van der Waals surface area contributed by atoms with E-state index in [9.17, 15) is 18.0 Å². The number of hydrogen-bond donors (Lipinski definition) is 1. The van der Waals surface area contributed by atoms with Gasteiger partial charge in [0.1, 0.15) is 10.7 Å². The number of alkyl halides is 3. The predicted molar refractivity (Wildman–Crippen MR) is 145 cm³/mol. The van der Waals surface area contributed by atoms with Gasteiger partial charge in [-0.1, -0.05) is 0 Å². The minimum Gasteiger partial charge on any atom is -0.378 e. The van der Waals surface area contributed by atoms with Gasteiger partial charge in [0, 0.05) is 62.3 Å². The first kappa shape index (κ1) is 28.2. The van der Waals surface area contributed by atoms with Crippen LogP contribution in [0.1, 0.15) is 27.3 Å². The number of morpholine rings is 1. The van der Waals surface area contributed by atoms with Crippen LogP contribution in [-0.2, 0) is 10.9 Å². The van der Waals surface area contributed by atoms with Crippen molar-refractivity contribution in [3.05, 3.63) is 45.9 Å². The number of likely N-dealkylation sites (N-methyl/N-ethyl adjacent to an activating group) is 1. The molecule has 2 aliphatic rings. The normalized spacial score (nSPS) is 18.7. The third-order valence-corrected chi connectivity index (χ3v) is 8.06. The Hall–Kier alpha value is -3.36. The largest absolute Gasteiger partial charge is 0.435 e. The van der Waals surface area contributed by atoms with E-state index in [0.29, 0.717) is 74.5 Å². The number of piperazine rings is 1. The van der Waals surface area contributed by atoms with Crippen LogP contribution >= 0.6 is 11.3 Å². The van der Waals surface area contributed by atoms with Gasteiger partial charge in [-0.15, -0.1) is 11.3 Å². The van der Waals surface area contributed by atoms with Crippen LogP contribution in [0.4, 0.5) is 34.9 Å². The van der Waals surface area contributed by atoms with Crippen molar-refractivity contribution in [2.24, 2.45) is 0 Å². The average molecular weight is 580 g/mol. The van der Waals surface area contributed by atoms with Gasteiger partial charge in [0.15, 0.2) is 5.69 Å². The molecule has 1 amide bonds. The number of rotatable bonds is 5. The zero-order chi connectivity index (χ0) is 28.6. The van der Waals surface area contributed by atoms with Gasteiger partial charge in [-0.2, -0.15) is 13.2 Å². The zero-order valence-electron chi connectivity index (χ0n) is 22.3. The van der Waals surface area contributed by atoms with Crippen LogP contribution in [0, 0.1) is 12.7 Å². The number of hydrogen-bond acceptors (Lipinski definition) is 9. The molecule has 1 unspecified atom stereocenters. The Labute approximate surface area is 232 Å². The smallest absolute Gasteiger partial charge is 0.378 e. The number of amides is 1. The molecule has 5 rings (SSSR count). The fourth-order valence-corrected chi connectivity index (χ4v) is 5.59. The molecular formula is C26H29F4N7O2S. The number of aryl methyl sites for hydroxylation is 1. The maximum absolute atomic E-state index is 15.6. The van der Waals surface area contributed by atoms with Crippen molar-refractivity contribution in [2.45, 2.75) is 26.1 Å². The van der Waals surface area contributed by atoms with Gasteiger partial charge in [-0.3, -0.25) is 4.79 Å². The lowest BCUT2D eigenvalue weighted by molar-refractivity contribution is -0.141. The lowest BCUT2D eigenvalue weighted by Crippen LogP contribution is -2.50. The summed E-state index contributed by atoms with van der Waals surface area (Å²) in [6, 6.07) is 2.88. The van der Waals surface area contributed by atoms with E-state index in [1.54, 1.807) is 0 Å². The van der Waals surface area contributed by atoms with Gasteiger partial charge >= 0.3 is 6.18 Å². The molecule has 14 heteroatoms. The van der Waals surface area contributed by atoms with E-state index >= 15 is 4.39 Å². The molecule has 0 saturated carbocycles. The van der Waals surface area contributed by atoms with Crippen LogP contribution in [0.15, 0.2) is 24.5 Å². The molecule has 40 heavy (non-hydrogen) atoms. The average Bonchev–Trinajstić information content (AvgIpc) is 3.34. The SMILES string of the molecule is Cc1nc(C(F)(F)F)c(C(=O)Nc2cc(-c3cnc(N4CCOCC4)nc3)c(F)cc2N2CCN(C)C(C)C2)s1. The minimum atomic E-state index is -4.79. The second-order valence-corrected chi connectivity index (χ2v) is 11.1. The standard InChI is InChI=1S/C26H29F4N7O2S/c1-15-14-37(5-4-35(15)3)21-11-19(27)18(17-12-31-25(32-13-17)36-6-8-39-9-7-36)10-20(21)34-24(38)22-23(26(28,29)30)33-16(2)40-22/h10-13,15H,4-9,14H2,1-3H3,(H,34,38). The van der Waals surface area contributed by atoms with Crippen molar-refractivity contribution in [3.8, 4) is 11.1 Å². The number of aromatic nitrogens is 3. The molecule has 0 radical (unpaired) electrons. The predicted octanol–water partition coefficient (Wildman–Crippen LogP) is 4.30. The van der Waals surface area contributed by atoms with Crippen LogP contribution in [0.25, 0.3) is 11.1 Å². The topological polar surface area (TPSA) is 86.7 Å².